The molecule has 0 N–H and O–H groups in total. The van der Waals surface area contributed by atoms with Crippen molar-refractivity contribution in [2.45, 2.75) is 0 Å². The molecule has 7 aromatic carbocycles. The average molecular weight is 664 g/mol. The van der Waals surface area contributed by atoms with Crippen LogP contribution in [0.1, 0.15) is 21.5 Å². The van der Waals surface area contributed by atoms with Crippen molar-refractivity contribution in [1.82, 2.24) is 0 Å². The van der Waals surface area contributed by atoms with Gasteiger partial charge >= 0.3 is 0 Å². The van der Waals surface area contributed by atoms with E-state index in [1.165, 1.54) is 0 Å². The summed E-state index contributed by atoms with van der Waals surface area (Å²) < 4.78 is 10.7. The van der Waals surface area contributed by atoms with E-state index in [2.05, 4.69) is 102 Å². The van der Waals surface area contributed by atoms with Crippen LogP contribution in [0.25, 0.3) is 39.5 Å². The predicted molar refractivity (Wildman–Crippen MR) is 211 cm³/mol. The molecule has 0 aromatic heterocycles. The molecule has 0 radical (unpaired) electrons. The fourth-order valence-corrected chi connectivity index (χ4v) is 6.36. The maximum absolute atomic E-state index is 13.6. The van der Waals surface area contributed by atoms with Crippen LogP contribution >= 0.6 is 0 Å². The van der Waals surface area contributed by atoms with Gasteiger partial charge in [0.2, 0.25) is 0 Å². The Labute approximate surface area is 299 Å². The molecule has 0 bridgehead atoms. The molecule has 0 fully saturated rings. The highest BCUT2D eigenvalue weighted by atomic mass is 16.5. The Morgan fingerprint density at radius 1 is 0.510 bits per heavy atom. The molecule has 7 rings (SSSR count). The quantitative estimate of drug-likeness (QED) is 0.129. The van der Waals surface area contributed by atoms with E-state index in [0.29, 0.717) is 11.1 Å². The number of carbonyl (C=O) groups is 1. The molecule has 51 heavy (non-hydrogen) atoms. The summed E-state index contributed by atoms with van der Waals surface area (Å²) >= 11 is 0. The highest BCUT2D eigenvalue weighted by molar-refractivity contribution is 6.10. The number of nitrogens with zero attached hydrogens (tertiary/aromatic N) is 1. The number of anilines is 3. The van der Waals surface area contributed by atoms with Gasteiger partial charge in [-0.15, -0.1) is 0 Å². The monoisotopic (exact) mass is 663 g/mol. The van der Waals surface area contributed by atoms with Crippen LogP contribution in [0.15, 0.2) is 176 Å². The van der Waals surface area contributed by atoms with E-state index in [-0.39, 0.29) is 5.78 Å². The van der Waals surface area contributed by atoms with E-state index >= 15 is 0 Å². The van der Waals surface area contributed by atoms with Crippen LogP contribution in [0.3, 0.4) is 0 Å². The summed E-state index contributed by atoms with van der Waals surface area (Å²) in [7, 11) is 3.35. The van der Waals surface area contributed by atoms with Gasteiger partial charge in [0.25, 0.3) is 0 Å². The Balaban J connectivity index is 1.35. The molecule has 0 aliphatic carbocycles. The van der Waals surface area contributed by atoms with E-state index in [1.54, 1.807) is 14.2 Å². The largest absolute Gasteiger partial charge is 0.497 e. The summed E-state index contributed by atoms with van der Waals surface area (Å²) in [6, 6.07) is 56.9. The third-order valence-electron chi connectivity index (χ3n) is 9.10. The van der Waals surface area contributed by atoms with E-state index in [0.717, 1.165) is 67.5 Å². The topological polar surface area (TPSA) is 38.8 Å². The minimum absolute atomic E-state index is 0.0231. The number of benzene rings is 7. The van der Waals surface area contributed by atoms with Gasteiger partial charge in [0.15, 0.2) is 5.78 Å². The Morgan fingerprint density at radius 3 is 1.47 bits per heavy atom. The van der Waals surface area contributed by atoms with Crippen molar-refractivity contribution in [3.05, 3.63) is 193 Å². The molecular weight excluding hydrogens is 627 g/mol. The minimum atomic E-state index is -0.0231. The van der Waals surface area contributed by atoms with Crippen molar-refractivity contribution in [2.75, 3.05) is 19.1 Å². The molecule has 7 aromatic rings. The van der Waals surface area contributed by atoms with Crippen LogP contribution in [0.2, 0.25) is 0 Å². The lowest BCUT2D eigenvalue weighted by atomic mass is 9.92. The standard InChI is InChI=1S/C47H37NO3/c1-4-33-14-15-39(47(49)38-10-6-5-7-11-38)32-45(33)44-12-8-9-13-46(44)48(40-24-16-34(17-25-40)36-20-28-42(50-2)29-21-36)41-26-18-35(19-27-41)37-22-30-43(51-3)31-23-37/h4-32H,1H2,2-3H3. The molecule has 4 nitrogen and oxygen atoms in total. The lowest BCUT2D eigenvalue weighted by Gasteiger charge is -2.28. The van der Waals surface area contributed by atoms with Crippen LogP contribution in [0, 0.1) is 0 Å². The van der Waals surface area contributed by atoms with Crippen molar-refractivity contribution in [3.8, 4) is 44.9 Å². The number of hydrogen-bond acceptors (Lipinski definition) is 4. The second kappa shape index (κ2) is 14.9. The van der Waals surface area contributed by atoms with Crippen molar-refractivity contribution < 1.29 is 14.3 Å². The summed E-state index contributed by atoms with van der Waals surface area (Å²) in [5.74, 6) is 1.62. The summed E-state index contributed by atoms with van der Waals surface area (Å²) in [5.41, 5.74) is 11.5. The number of hydrogen-bond donors (Lipinski definition) is 0. The number of para-hydroxylation sites is 1. The third kappa shape index (κ3) is 6.94. The highest BCUT2D eigenvalue weighted by Gasteiger charge is 2.20. The molecule has 4 heteroatoms. The number of carbonyl (C=O) groups excluding carboxylic acids is 1. The van der Waals surface area contributed by atoms with Gasteiger partial charge in [-0.05, 0) is 94.0 Å². The molecule has 0 aliphatic heterocycles. The second-order valence-corrected chi connectivity index (χ2v) is 12.1. The van der Waals surface area contributed by atoms with Crippen molar-refractivity contribution in [1.29, 1.82) is 0 Å². The lowest BCUT2D eigenvalue weighted by Crippen LogP contribution is -2.11. The minimum Gasteiger partial charge on any atom is -0.497 e. The van der Waals surface area contributed by atoms with Crippen molar-refractivity contribution in [2.24, 2.45) is 0 Å². The molecule has 0 unspecified atom stereocenters. The Hall–Kier alpha value is -6.65. The van der Waals surface area contributed by atoms with Gasteiger partial charge in [-0.3, -0.25) is 4.79 Å². The average Bonchev–Trinajstić information content (AvgIpc) is 3.21. The maximum atomic E-state index is 13.6. The summed E-state index contributed by atoms with van der Waals surface area (Å²) in [4.78, 5) is 15.9. The van der Waals surface area contributed by atoms with E-state index in [9.17, 15) is 4.79 Å². The number of methoxy groups -OCH3 is 2. The Morgan fingerprint density at radius 2 is 0.980 bits per heavy atom. The molecule has 0 atom stereocenters. The molecule has 0 saturated heterocycles. The van der Waals surface area contributed by atoms with Gasteiger partial charge in [-0.1, -0.05) is 122 Å². The summed E-state index contributed by atoms with van der Waals surface area (Å²) in [5, 5.41) is 0. The highest BCUT2D eigenvalue weighted by Crippen LogP contribution is 2.43. The molecule has 0 saturated carbocycles. The summed E-state index contributed by atoms with van der Waals surface area (Å²) in [6.45, 7) is 4.13. The molecular formula is C47H37NO3. The Bertz CT molecular complexity index is 2180. The third-order valence-corrected chi connectivity index (χ3v) is 9.10. The van der Waals surface area contributed by atoms with Crippen LogP contribution in [0.5, 0.6) is 11.5 Å². The van der Waals surface area contributed by atoms with Crippen LogP contribution in [0.4, 0.5) is 17.1 Å². The van der Waals surface area contributed by atoms with Crippen LogP contribution in [-0.4, -0.2) is 20.0 Å². The van der Waals surface area contributed by atoms with Gasteiger partial charge in [-0.2, -0.15) is 0 Å². The van der Waals surface area contributed by atoms with E-state index in [1.807, 2.05) is 84.9 Å². The van der Waals surface area contributed by atoms with Gasteiger partial charge in [0, 0.05) is 28.1 Å². The first-order valence-electron chi connectivity index (χ1n) is 16.8. The molecule has 0 spiro atoms. The van der Waals surface area contributed by atoms with Gasteiger partial charge in [-0.25, -0.2) is 0 Å². The number of ketones is 1. The predicted octanol–water partition coefficient (Wildman–Crippen LogP) is 12.0. The van der Waals surface area contributed by atoms with Gasteiger partial charge in [0.1, 0.15) is 11.5 Å². The fraction of sp³-hybridized carbons (Fsp3) is 0.0426. The van der Waals surface area contributed by atoms with Gasteiger partial charge in [0.05, 0.1) is 19.9 Å². The van der Waals surface area contributed by atoms with Crippen LogP contribution in [-0.2, 0) is 0 Å². The van der Waals surface area contributed by atoms with E-state index in [4.69, 9.17) is 9.47 Å². The first kappa shape index (κ1) is 32.9. The molecule has 248 valence electrons. The number of rotatable bonds is 11. The van der Waals surface area contributed by atoms with Crippen LogP contribution < -0.4 is 14.4 Å². The lowest BCUT2D eigenvalue weighted by molar-refractivity contribution is 0.103. The smallest absolute Gasteiger partial charge is 0.193 e. The summed E-state index contributed by atoms with van der Waals surface area (Å²) in [6.07, 6.45) is 1.85. The first-order valence-corrected chi connectivity index (χ1v) is 16.8. The zero-order valence-electron chi connectivity index (χ0n) is 28.6. The zero-order chi connectivity index (χ0) is 35.2. The van der Waals surface area contributed by atoms with Gasteiger partial charge < -0.3 is 14.4 Å². The SMILES string of the molecule is C=Cc1ccc(C(=O)c2ccccc2)cc1-c1ccccc1N(c1ccc(-c2ccc(OC)cc2)cc1)c1ccc(-c2ccc(OC)cc2)cc1. The van der Waals surface area contributed by atoms with E-state index < -0.39 is 0 Å². The molecule has 0 amide bonds. The van der Waals surface area contributed by atoms with Crippen molar-refractivity contribution in [3.63, 3.8) is 0 Å². The molecule has 0 heterocycles. The Kier molecular flexibility index (Phi) is 9.57. The molecule has 0 aliphatic rings. The normalized spacial score (nSPS) is 10.7. The van der Waals surface area contributed by atoms with Crippen molar-refractivity contribution >= 4 is 28.9 Å². The fourth-order valence-electron chi connectivity index (χ4n) is 6.36. The second-order valence-electron chi connectivity index (χ2n) is 12.1. The zero-order valence-corrected chi connectivity index (χ0v) is 28.6. The number of ether oxygens (including phenoxy) is 2. The first-order chi connectivity index (χ1) is 25.1. The maximum Gasteiger partial charge on any atom is 0.193 e.